The van der Waals surface area contributed by atoms with E-state index in [-0.39, 0.29) is 47.7 Å². The van der Waals surface area contributed by atoms with Crippen LogP contribution in [-0.2, 0) is 64.6 Å². The lowest BCUT2D eigenvalue weighted by molar-refractivity contribution is 0.0224. The van der Waals surface area contributed by atoms with E-state index in [1.807, 2.05) is 103 Å². The Kier molecular flexibility index (Phi) is 36.5. The number of hydrogen-bond acceptors (Lipinski definition) is 18. The molecule has 1 saturated carbocycles. The van der Waals surface area contributed by atoms with Crippen LogP contribution >= 0.6 is 23.2 Å². The van der Waals surface area contributed by atoms with Crippen molar-refractivity contribution in [2.45, 2.75) is 204 Å². The van der Waals surface area contributed by atoms with Gasteiger partial charge in [-0.3, -0.25) is 39.3 Å². The van der Waals surface area contributed by atoms with E-state index in [2.05, 4.69) is 196 Å². The second-order valence-electron chi connectivity index (χ2n) is 37.2. The molecule has 16 rings (SSSR count). The zero-order valence-corrected chi connectivity index (χ0v) is 77.6. The second-order valence-corrected chi connectivity index (χ2v) is 38.1. The highest BCUT2D eigenvalue weighted by atomic mass is 35.5. The summed E-state index contributed by atoms with van der Waals surface area (Å²) in [6.45, 7) is 28.5. The van der Waals surface area contributed by atoms with Crippen molar-refractivity contribution in [1.82, 2.24) is 54.0 Å². The van der Waals surface area contributed by atoms with Gasteiger partial charge in [-0.2, -0.15) is 0 Å². The van der Waals surface area contributed by atoms with Crippen molar-refractivity contribution in [3.05, 3.63) is 290 Å². The predicted octanol–water partition coefficient (Wildman–Crippen LogP) is 17.6. The third kappa shape index (κ3) is 28.8. The normalized spacial score (nSPS) is 22.3. The molecule has 3 N–H and O–H groups in total. The zero-order valence-electron chi connectivity index (χ0n) is 76.1. The summed E-state index contributed by atoms with van der Waals surface area (Å²) in [6.07, 6.45) is 10.9. The van der Waals surface area contributed by atoms with Crippen LogP contribution in [0.3, 0.4) is 0 Å². The summed E-state index contributed by atoms with van der Waals surface area (Å²) in [7, 11) is 10.6. The van der Waals surface area contributed by atoms with Gasteiger partial charge < -0.3 is 49.0 Å². The van der Waals surface area contributed by atoms with E-state index in [0.717, 1.165) is 249 Å². The Morgan fingerprint density at radius 2 is 0.881 bits per heavy atom. The zero-order chi connectivity index (χ0) is 88.3. The second kappa shape index (κ2) is 48.1. The molecule has 7 aliphatic rings. The number of aliphatic hydroxyl groups is 3. The van der Waals surface area contributed by atoms with Crippen molar-refractivity contribution < 1.29 is 38.7 Å². The van der Waals surface area contributed by atoms with E-state index in [1.165, 1.54) is 48.1 Å². The Morgan fingerprint density at radius 3 is 1.45 bits per heavy atom. The maximum Gasteiger partial charge on any atom is 0.124 e. The molecule has 1 aromatic heterocycles. The molecule has 8 atom stereocenters. The van der Waals surface area contributed by atoms with Gasteiger partial charge in [-0.25, -0.2) is 4.39 Å². The molecular weight excluding hydrogens is 1620 g/mol. The lowest BCUT2D eigenvalue weighted by Crippen LogP contribution is -2.52. The average molecular weight is 1760 g/mol. The molecule has 0 radical (unpaired) electrons. The number of likely N-dealkylation sites (N-methyl/N-ethyl adjacent to an activating group) is 3. The average Bonchev–Trinajstić information content (AvgIpc) is 1.72. The Labute approximate surface area is 761 Å². The van der Waals surface area contributed by atoms with Gasteiger partial charge in [0.05, 0.1) is 35.7 Å². The smallest absolute Gasteiger partial charge is 0.124 e. The van der Waals surface area contributed by atoms with E-state index in [9.17, 15) is 19.7 Å². The van der Waals surface area contributed by atoms with Crippen molar-refractivity contribution in [2.75, 3.05) is 133 Å². The number of piperazine rings is 1. The van der Waals surface area contributed by atoms with Crippen LogP contribution in [0.5, 0.6) is 23.0 Å². The van der Waals surface area contributed by atoms with Crippen LogP contribution in [0.2, 0.25) is 10.0 Å². The minimum Gasteiger partial charge on any atom is -0.489 e. The van der Waals surface area contributed by atoms with Gasteiger partial charge in [-0.15, -0.1) is 0 Å². The van der Waals surface area contributed by atoms with Gasteiger partial charge >= 0.3 is 0 Å². The van der Waals surface area contributed by atoms with Gasteiger partial charge in [0.25, 0.3) is 0 Å². The first-order valence-corrected chi connectivity index (χ1v) is 47.1. The molecule has 6 aliphatic heterocycles. The summed E-state index contributed by atoms with van der Waals surface area (Å²) in [5, 5.41) is 34.3. The van der Waals surface area contributed by atoms with Crippen LogP contribution in [0.4, 0.5) is 4.39 Å². The number of ether oxygens (including phenoxy) is 4. The number of aliphatic hydroxyl groups excluding tert-OH is 3. The number of benzene rings is 8. The molecule has 0 amide bonds. The molecule has 126 heavy (non-hydrogen) atoms. The summed E-state index contributed by atoms with van der Waals surface area (Å²) in [6, 6.07) is 71.6. The van der Waals surface area contributed by atoms with Gasteiger partial charge in [0.1, 0.15) is 55.2 Å². The molecule has 21 heteroatoms. The third-order valence-corrected chi connectivity index (χ3v) is 26.8. The van der Waals surface area contributed by atoms with Gasteiger partial charge in [0, 0.05) is 155 Å². The van der Waals surface area contributed by atoms with E-state index in [0.29, 0.717) is 50.1 Å². The fraction of sp³-hybridized carbons (Fsp3) is 0.495. The molecular formula is C105H140Cl2FN11O7. The van der Waals surface area contributed by atoms with E-state index >= 15 is 0 Å². The SMILES string of the molecule is CN(C)Cc1cccc(C2CCCN2Cc2ccccc2OCc2cccc(F)c2)n1.CN(Cc1cc(Cl)ccc1OCc1ccccc1)[C@@H]1CC[C@@H](N2CCCC2)[C@@H]1O.CN1CCCN([C@H]2CCN(Cc3cc(Cl)ccc3OCc3ccccc3)CC[C@@H]2O)CC1.CN1CCN([C@H]2CCN(Cc3cc(C(C)(C)C)ccc3OCc3ccccc3)CC[C@@H]2O)CC1. The van der Waals surface area contributed by atoms with Crippen molar-refractivity contribution in [2.24, 2.45) is 0 Å². The maximum absolute atomic E-state index is 13.5. The summed E-state index contributed by atoms with van der Waals surface area (Å²) >= 11 is 12.6. The standard InChI is InChI=1S/C29H43N3O2.C26H36ClN3O2.C26H30FN3O.C24H31ClN2O2/c1-29(2,3)25-10-11-28(34-22-23-8-6-5-7-9-23)24(20-25)21-31-14-12-26(27(33)13-15-31)32-18-16-30(4)17-19-32;1-28-12-5-13-30(17-16-28)24-10-14-29(15-11-25(24)31)19-22-18-23(27)8-9-26(22)32-20-21-6-3-2-4-7-21;1-29(2)18-23-11-6-12-24(28-23)25-13-7-15-30(25)17-21-9-3-4-14-26(21)31-19-20-8-5-10-22(27)16-20;1-26(21-10-11-22(24(21)28)27-13-5-6-14-27)16-19-15-20(25)9-12-23(19)29-17-18-7-3-2-4-8-18/h5-11,20,26-27,33H,12-19,21-22H2,1-4H3;2-4,6-9,18,24-25,31H,5,10-17,19-20H2,1H3;3-6,8-12,14,16,25H,7,13,15,17-19H2,1-2H3;2-4,7-9,12,15,21-22,24,28H,5-6,10-11,13-14,16-17H2,1H3/t26-,27-;24-,25-;;21-,22-,24-/m00.1/s1. The lowest BCUT2D eigenvalue weighted by Gasteiger charge is -2.39. The van der Waals surface area contributed by atoms with Gasteiger partial charge in [-0.05, 0) is 245 Å². The highest BCUT2D eigenvalue weighted by molar-refractivity contribution is 6.31. The fourth-order valence-electron chi connectivity index (χ4n) is 19.1. The van der Waals surface area contributed by atoms with Crippen LogP contribution in [0.1, 0.15) is 159 Å². The van der Waals surface area contributed by atoms with E-state index in [4.69, 9.17) is 47.1 Å². The molecule has 1 unspecified atom stereocenters. The Morgan fingerprint density at radius 1 is 0.405 bits per heavy atom. The summed E-state index contributed by atoms with van der Waals surface area (Å²) < 4.78 is 38.2. The largest absolute Gasteiger partial charge is 0.489 e. The number of pyridine rings is 1. The van der Waals surface area contributed by atoms with Crippen LogP contribution in [0.15, 0.2) is 212 Å². The topological polar surface area (TPSA) is 143 Å². The van der Waals surface area contributed by atoms with Gasteiger partial charge in [-0.1, -0.05) is 183 Å². The van der Waals surface area contributed by atoms with Crippen LogP contribution in [-0.4, -0.2) is 245 Å². The Hall–Kier alpha value is -7.90. The van der Waals surface area contributed by atoms with Crippen molar-refractivity contribution >= 4 is 23.2 Å². The molecule has 7 fully saturated rings. The Bertz CT molecular complexity index is 4740. The van der Waals surface area contributed by atoms with Crippen molar-refractivity contribution in [3.63, 3.8) is 0 Å². The predicted molar refractivity (Wildman–Crippen MR) is 508 cm³/mol. The first kappa shape index (κ1) is 95.7. The van der Waals surface area contributed by atoms with Gasteiger partial charge in [0.15, 0.2) is 0 Å². The number of para-hydroxylation sites is 1. The summed E-state index contributed by atoms with van der Waals surface area (Å²) in [5.74, 6) is 3.33. The molecule has 0 bridgehead atoms. The molecule has 0 spiro atoms. The maximum atomic E-state index is 13.5. The number of nitrogens with zero attached hydrogens (tertiary/aromatic N) is 11. The van der Waals surface area contributed by atoms with Crippen LogP contribution in [0.25, 0.3) is 0 Å². The summed E-state index contributed by atoms with van der Waals surface area (Å²) in [4.78, 5) is 29.1. The van der Waals surface area contributed by atoms with Crippen LogP contribution in [0, 0.1) is 5.82 Å². The monoisotopic (exact) mass is 1760 g/mol. The molecule has 6 saturated heterocycles. The molecule has 7 heterocycles. The van der Waals surface area contributed by atoms with Gasteiger partial charge in [0.2, 0.25) is 0 Å². The van der Waals surface area contributed by atoms with E-state index in [1.54, 1.807) is 6.07 Å². The van der Waals surface area contributed by atoms with Crippen molar-refractivity contribution in [1.29, 1.82) is 0 Å². The molecule has 18 nitrogen and oxygen atoms in total. The Balaban J connectivity index is 0.000000144. The number of rotatable bonds is 27. The number of likely N-dealkylation sites (tertiary alicyclic amines) is 4. The first-order valence-electron chi connectivity index (χ1n) is 46.4. The minimum absolute atomic E-state index is 0.0915. The fourth-order valence-corrected chi connectivity index (χ4v) is 19.5. The van der Waals surface area contributed by atoms with E-state index < -0.39 is 0 Å². The molecule has 1 aliphatic carbocycles. The lowest BCUT2D eigenvalue weighted by atomic mass is 9.86. The third-order valence-electron chi connectivity index (χ3n) is 26.3. The van der Waals surface area contributed by atoms with Crippen molar-refractivity contribution in [3.8, 4) is 23.0 Å². The molecule has 9 aromatic rings. The molecule has 8 aromatic carbocycles. The minimum atomic E-state index is -0.300. The number of hydrogen-bond donors (Lipinski definition) is 3. The van der Waals surface area contributed by atoms with Crippen LogP contribution < -0.4 is 18.9 Å². The first-order chi connectivity index (χ1) is 61.1. The summed E-state index contributed by atoms with van der Waals surface area (Å²) in [5.41, 5.74) is 12.5. The number of halogens is 3. The molecule has 678 valence electrons. The quantitative estimate of drug-likeness (QED) is 0.0449. The number of aromatic nitrogens is 1. The highest BCUT2D eigenvalue weighted by Gasteiger charge is 2.41. The highest BCUT2D eigenvalue weighted by Crippen LogP contribution is 2.38.